The Bertz CT molecular complexity index is 180. The lowest BCUT2D eigenvalue weighted by atomic mass is 9.81. The number of aliphatic hydroxyl groups excluding tert-OH is 1. The zero-order valence-corrected chi connectivity index (χ0v) is 6.57. The Balaban J connectivity index is 1.91. The third-order valence-electron chi connectivity index (χ3n) is 3.95. The molecule has 0 spiro atoms. The summed E-state index contributed by atoms with van der Waals surface area (Å²) in [6, 6.07) is 0. The summed E-state index contributed by atoms with van der Waals surface area (Å²) in [6.45, 7) is 0.826. The van der Waals surface area contributed by atoms with E-state index in [2.05, 4.69) is 0 Å². The first-order chi connectivity index (χ1) is 5.36. The fourth-order valence-electron chi connectivity index (χ4n) is 3.47. The third kappa shape index (κ3) is 0.695. The van der Waals surface area contributed by atoms with Crippen LogP contribution in [-0.4, -0.2) is 18.0 Å². The van der Waals surface area contributed by atoms with Crippen molar-refractivity contribution in [3.63, 3.8) is 0 Å². The third-order valence-corrected chi connectivity index (χ3v) is 3.95. The molecule has 1 saturated heterocycles. The molecule has 3 fully saturated rings. The lowest BCUT2D eigenvalue weighted by molar-refractivity contribution is -0.0918. The lowest BCUT2D eigenvalue weighted by Gasteiger charge is -2.23. The highest BCUT2D eigenvalue weighted by Crippen LogP contribution is 2.56. The van der Waals surface area contributed by atoms with Crippen LogP contribution in [0.3, 0.4) is 0 Å². The summed E-state index contributed by atoms with van der Waals surface area (Å²) in [7, 11) is 0. The Hall–Kier alpha value is -0.0800. The molecule has 3 rings (SSSR count). The van der Waals surface area contributed by atoms with E-state index >= 15 is 0 Å². The summed E-state index contributed by atoms with van der Waals surface area (Å²) in [5, 5.41) is 9.50. The van der Waals surface area contributed by atoms with Gasteiger partial charge in [-0.25, -0.2) is 0 Å². The van der Waals surface area contributed by atoms with Crippen LogP contribution in [0.1, 0.15) is 19.3 Å². The second-order valence-electron chi connectivity index (χ2n) is 4.30. The van der Waals surface area contributed by atoms with Crippen molar-refractivity contribution in [3.8, 4) is 0 Å². The molecule has 1 unspecified atom stereocenters. The number of hydrogen-bond donors (Lipinski definition) is 1. The van der Waals surface area contributed by atoms with Gasteiger partial charge in [-0.15, -0.1) is 0 Å². The highest BCUT2D eigenvalue weighted by atomic mass is 16.6. The average Bonchev–Trinajstić information content (AvgIpc) is 2.60. The van der Waals surface area contributed by atoms with Crippen LogP contribution in [0, 0.1) is 23.7 Å². The summed E-state index contributed by atoms with van der Waals surface area (Å²) >= 11 is 0. The molecule has 0 aromatic carbocycles. The smallest absolute Gasteiger partial charge is 0.157 e. The van der Waals surface area contributed by atoms with Crippen LogP contribution in [0.2, 0.25) is 0 Å². The molecular formula is C9H14O2. The molecule has 2 nitrogen and oxygen atoms in total. The Kier molecular flexibility index (Phi) is 1.16. The van der Waals surface area contributed by atoms with Gasteiger partial charge in [-0.1, -0.05) is 0 Å². The van der Waals surface area contributed by atoms with Gasteiger partial charge in [0.2, 0.25) is 0 Å². The molecule has 1 N–H and O–H groups in total. The van der Waals surface area contributed by atoms with Gasteiger partial charge in [0.05, 0.1) is 6.61 Å². The van der Waals surface area contributed by atoms with Crippen LogP contribution in [-0.2, 0) is 4.74 Å². The predicted molar refractivity (Wildman–Crippen MR) is 39.8 cm³/mol. The first kappa shape index (κ1) is 6.44. The van der Waals surface area contributed by atoms with Crippen molar-refractivity contribution in [2.24, 2.45) is 23.7 Å². The molecular weight excluding hydrogens is 140 g/mol. The van der Waals surface area contributed by atoms with Crippen LogP contribution in [0.15, 0.2) is 0 Å². The molecule has 2 heteroatoms. The van der Waals surface area contributed by atoms with Crippen LogP contribution in [0.25, 0.3) is 0 Å². The van der Waals surface area contributed by atoms with Crippen molar-refractivity contribution in [2.75, 3.05) is 6.61 Å². The van der Waals surface area contributed by atoms with Crippen molar-refractivity contribution in [2.45, 2.75) is 25.6 Å². The molecule has 2 aliphatic carbocycles. The Morgan fingerprint density at radius 2 is 2.00 bits per heavy atom. The quantitative estimate of drug-likeness (QED) is 0.564. The van der Waals surface area contributed by atoms with Gasteiger partial charge in [0, 0.05) is 5.92 Å². The zero-order valence-electron chi connectivity index (χ0n) is 6.57. The Labute approximate surface area is 66.5 Å². The Morgan fingerprint density at radius 3 is 2.82 bits per heavy atom. The topological polar surface area (TPSA) is 29.5 Å². The molecule has 2 saturated carbocycles. The second-order valence-corrected chi connectivity index (χ2v) is 4.30. The van der Waals surface area contributed by atoms with Crippen molar-refractivity contribution >= 4 is 0 Å². The van der Waals surface area contributed by atoms with Crippen molar-refractivity contribution < 1.29 is 9.84 Å². The van der Waals surface area contributed by atoms with E-state index in [1.54, 1.807) is 0 Å². The van der Waals surface area contributed by atoms with Crippen LogP contribution in [0.4, 0.5) is 0 Å². The van der Waals surface area contributed by atoms with Gasteiger partial charge >= 0.3 is 0 Å². The van der Waals surface area contributed by atoms with Gasteiger partial charge in [0.25, 0.3) is 0 Å². The lowest BCUT2D eigenvalue weighted by Crippen LogP contribution is -2.25. The zero-order chi connectivity index (χ0) is 7.42. The molecule has 1 heterocycles. The molecule has 11 heavy (non-hydrogen) atoms. The second kappa shape index (κ2) is 1.99. The summed E-state index contributed by atoms with van der Waals surface area (Å²) in [5.41, 5.74) is 0. The average molecular weight is 154 g/mol. The maximum Gasteiger partial charge on any atom is 0.157 e. The van der Waals surface area contributed by atoms with E-state index < -0.39 is 6.29 Å². The number of ether oxygens (including phenoxy) is 1. The first-order valence-electron chi connectivity index (χ1n) is 4.66. The van der Waals surface area contributed by atoms with E-state index in [1.165, 1.54) is 19.3 Å². The van der Waals surface area contributed by atoms with Gasteiger partial charge in [0.1, 0.15) is 0 Å². The van der Waals surface area contributed by atoms with E-state index in [0.29, 0.717) is 11.8 Å². The van der Waals surface area contributed by atoms with Gasteiger partial charge in [-0.3, -0.25) is 0 Å². The SMILES string of the molecule is OC1OC[C@@H]2[C@@H]3CC[C@@H](C3)[C@@H]12. The maximum absolute atomic E-state index is 9.50. The minimum Gasteiger partial charge on any atom is -0.368 e. The van der Waals surface area contributed by atoms with Crippen LogP contribution in [0.5, 0.6) is 0 Å². The normalized spacial score (nSPS) is 60.3. The van der Waals surface area contributed by atoms with E-state index in [9.17, 15) is 5.11 Å². The largest absolute Gasteiger partial charge is 0.368 e. The van der Waals surface area contributed by atoms with Crippen LogP contribution < -0.4 is 0 Å². The molecule has 1 aliphatic heterocycles. The van der Waals surface area contributed by atoms with Gasteiger partial charge in [-0.05, 0) is 37.0 Å². The number of hydrogen-bond acceptors (Lipinski definition) is 2. The van der Waals surface area contributed by atoms with Crippen LogP contribution >= 0.6 is 0 Å². The highest BCUT2D eigenvalue weighted by Gasteiger charge is 2.53. The molecule has 0 radical (unpaired) electrons. The van der Waals surface area contributed by atoms with Crippen molar-refractivity contribution in [1.29, 1.82) is 0 Å². The van der Waals surface area contributed by atoms with Gasteiger partial charge in [-0.2, -0.15) is 0 Å². The molecule has 0 aromatic rings. The van der Waals surface area contributed by atoms with E-state index in [0.717, 1.165) is 18.4 Å². The molecule has 0 aromatic heterocycles. The molecule has 62 valence electrons. The van der Waals surface area contributed by atoms with Gasteiger partial charge < -0.3 is 9.84 Å². The predicted octanol–water partition coefficient (Wildman–Crippen LogP) is 0.997. The molecule has 5 atom stereocenters. The minimum absolute atomic E-state index is 0.421. The standard InChI is InChI=1S/C9H14O2/c10-9-8-6-2-1-5(3-6)7(8)4-11-9/h5-10H,1-4H2/t5-,6+,7-,8-,9?/m1/s1. The monoisotopic (exact) mass is 154 g/mol. The summed E-state index contributed by atoms with van der Waals surface area (Å²) in [4.78, 5) is 0. The Morgan fingerprint density at radius 1 is 1.18 bits per heavy atom. The molecule has 3 aliphatic rings. The number of rotatable bonds is 0. The van der Waals surface area contributed by atoms with Crippen molar-refractivity contribution in [1.82, 2.24) is 0 Å². The minimum atomic E-state index is -0.421. The summed E-state index contributed by atoms with van der Waals surface area (Å²) < 4.78 is 5.26. The van der Waals surface area contributed by atoms with E-state index in [-0.39, 0.29) is 0 Å². The fraction of sp³-hybridized carbons (Fsp3) is 1.00. The first-order valence-corrected chi connectivity index (χ1v) is 4.66. The van der Waals surface area contributed by atoms with Gasteiger partial charge in [0.15, 0.2) is 6.29 Å². The van der Waals surface area contributed by atoms with E-state index in [4.69, 9.17) is 4.74 Å². The highest BCUT2D eigenvalue weighted by molar-refractivity contribution is 4.99. The van der Waals surface area contributed by atoms with E-state index in [1.807, 2.05) is 0 Å². The summed E-state index contributed by atoms with van der Waals surface area (Å²) in [6.07, 6.45) is 3.68. The molecule has 0 amide bonds. The number of aliphatic hydroxyl groups is 1. The number of fused-ring (bicyclic) bond motifs is 5. The summed E-state index contributed by atoms with van der Waals surface area (Å²) in [5.74, 6) is 2.90. The van der Waals surface area contributed by atoms with Crippen molar-refractivity contribution in [3.05, 3.63) is 0 Å². The fourth-order valence-corrected chi connectivity index (χ4v) is 3.47. The molecule has 2 bridgehead atoms. The maximum atomic E-state index is 9.50.